The van der Waals surface area contributed by atoms with Crippen LogP contribution in [0.25, 0.3) is 0 Å². The Morgan fingerprint density at radius 2 is 1.79 bits per heavy atom. The van der Waals surface area contributed by atoms with Crippen molar-refractivity contribution in [1.29, 1.82) is 0 Å². The summed E-state index contributed by atoms with van der Waals surface area (Å²) in [4.78, 5) is 25.2. The van der Waals surface area contributed by atoms with E-state index in [1.165, 1.54) is 6.42 Å². The number of amides is 2. The van der Waals surface area contributed by atoms with Crippen molar-refractivity contribution in [2.45, 2.75) is 52.0 Å². The summed E-state index contributed by atoms with van der Waals surface area (Å²) in [6.45, 7) is 4.74. The third kappa shape index (κ3) is 7.82. The molecule has 1 aliphatic rings. The Hall–Kier alpha value is -2.45. The number of carbonyl (C=O) groups excluding carboxylic acids is 2. The van der Waals surface area contributed by atoms with Crippen molar-refractivity contribution in [3.8, 4) is 5.75 Å². The molecule has 0 radical (unpaired) electrons. The monoisotopic (exact) mass is 531 g/mol. The lowest BCUT2D eigenvalue weighted by Crippen LogP contribution is -2.36. The summed E-state index contributed by atoms with van der Waals surface area (Å²) >= 11 is 8.75. The van der Waals surface area contributed by atoms with E-state index >= 15 is 0 Å². The van der Waals surface area contributed by atoms with E-state index in [1.54, 1.807) is 42.5 Å². The van der Waals surface area contributed by atoms with E-state index in [0.29, 0.717) is 39.6 Å². The quantitative estimate of drug-likeness (QED) is 0.401. The lowest BCUT2D eigenvalue weighted by atomic mass is 9.95. The highest BCUT2D eigenvalue weighted by molar-refractivity contribution is 9.10. The highest BCUT2D eigenvalue weighted by atomic mass is 79.9. The fourth-order valence-corrected chi connectivity index (χ4v) is 4.31. The normalized spacial score (nSPS) is 13.9. The standard InChI is InChI=1S/C25H30BrN3O3S/c1-16(2)15-32-22-12-11-18(14-21(22)26)24(31)29-25(33)28-20-10-6-7-17(13-20)23(30)27-19-8-4-3-5-9-19/h6-7,10-14,16,19H,3-5,8-9,15H2,1-2H3,(H,27,30)(H2,28,29,31,33). The molecule has 1 fully saturated rings. The molecule has 3 N–H and O–H groups in total. The molecule has 3 rings (SSSR count). The number of ether oxygens (including phenoxy) is 1. The van der Waals surface area contributed by atoms with Crippen LogP contribution in [0.1, 0.15) is 66.7 Å². The molecular formula is C25H30BrN3O3S. The molecular weight excluding hydrogens is 502 g/mol. The average Bonchev–Trinajstić information content (AvgIpc) is 2.78. The summed E-state index contributed by atoms with van der Waals surface area (Å²) in [7, 11) is 0. The van der Waals surface area contributed by atoms with Gasteiger partial charge in [0.05, 0.1) is 11.1 Å². The first kappa shape index (κ1) is 25.2. The zero-order valence-corrected chi connectivity index (χ0v) is 21.4. The number of carbonyl (C=O) groups is 2. The molecule has 0 aliphatic heterocycles. The molecule has 8 heteroatoms. The van der Waals surface area contributed by atoms with Gasteiger partial charge in [0.25, 0.3) is 11.8 Å². The summed E-state index contributed by atoms with van der Waals surface area (Å²) in [5.74, 6) is 0.657. The maximum atomic E-state index is 12.6. The molecule has 0 heterocycles. The number of benzene rings is 2. The second kappa shape index (κ2) is 12.1. The zero-order chi connectivity index (χ0) is 23.8. The molecule has 0 atom stereocenters. The minimum atomic E-state index is -0.338. The van der Waals surface area contributed by atoms with E-state index < -0.39 is 0 Å². The van der Waals surface area contributed by atoms with Crippen LogP contribution in [-0.4, -0.2) is 29.6 Å². The van der Waals surface area contributed by atoms with Crippen LogP contribution in [0.2, 0.25) is 0 Å². The number of anilines is 1. The van der Waals surface area contributed by atoms with Crippen molar-refractivity contribution in [2.24, 2.45) is 5.92 Å². The molecule has 0 bridgehead atoms. The molecule has 1 aliphatic carbocycles. The maximum absolute atomic E-state index is 12.6. The van der Waals surface area contributed by atoms with Gasteiger partial charge >= 0.3 is 0 Å². The van der Waals surface area contributed by atoms with Gasteiger partial charge in [-0.3, -0.25) is 14.9 Å². The Bertz CT molecular complexity index is 1010. The molecule has 0 unspecified atom stereocenters. The summed E-state index contributed by atoms with van der Waals surface area (Å²) < 4.78 is 6.42. The molecule has 33 heavy (non-hydrogen) atoms. The maximum Gasteiger partial charge on any atom is 0.257 e. The summed E-state index contributed by atoms with van der Waals surface area (Å²) in [6.07, 6.45) is 5.61. The minimum Gasteiger partial charge on any atom is -0.492 e. The first-order valence-corrected chi connectivity index (χ1v) is 12.5. The molecule has 2 aromatic carbocycles. The molecule has 1 saturated carbocycles. The number of rotatable bonds is 7. The van der Waals surface area contributed by atoms with Crippen molar-refractivity contribution in [3.63, 3.8) is 0 Å². The summed E-state index contributed by atoms with van der Waals surface area (Å²) in [6, 6.07) is 12.5. The Labute approximate surface area is 209 Å². The summed E-state index contributed by atoms with van der Waals surface area (Å²) in [5, 5.41) is 8.92. The molecule has 0 saturated heterocycles. The van der Waals surface area contributed by atoms with Gasteiger partial charge in [0.2, 0.25) is 0 Å². The van der Waals surface area contributed by atoms with Crippen molar-refractivity contribution in [2.75, 3.05) is 11.9 Å². The molecule has 0 aromatic heterocycles. The van der Waals surface area contributed by atoms with Crippen LogP contribution in [0.3, 0.4) is 0 Å². The predicted octanol–water partition coefficient (Wildman–Crippen LogP) is 5.67. The molecule has 2 aromatic rings. The van der Waals surface area contributed by atoms with E-state index in [9.17, 15) is 9.59 Å². The third-order valence-electron chi connectivity index (χ3n) is 5.32. The predicted molar refractivity (Wildman–Crippen MR) is 139 cm³/mol. The van der Waals surface area contributed by atoms with Gasteiger partial charge in [0.15, 0.2) is 5.11 Å². The van der Waals surface area contributed by atoms with Gasteiger partial charge in [-0.05, 0) is 83.3 Å². The van der Waals surface area contributed by atoms with E-state index in [-0.39, 0.29) is 23.0 Å². The number of thiocarbonyl (C=S) groups is 1. The first-order valence-electron chi connectivity index (χ1n) is 11.3. The van der Waals surface area contributed by atoms with Gasteiger partial charge in [-0.2, -0.15) is 0 Å². The second-order valence-electron chi connectivity index (χ2n) is 8.65. The first-order chi connectivity index (χ1) is 15.8. The van der Waals surface area contributed by atoms with E-state index in [0.717, 1.165) is 25.7 Å². The molecule has 176 valence electrons. The Kier molecular flexibility index (Phi) is 9.26. The summed E-state index contributed by atoms with van der Waals surface area (Å²) in [5.41, 5.74) is 1.64. The Balaban J connectivity index is 1.55. The van der Waals surface area contributed by atoms with Crippen LogP contribution < -0.4 is 20.7 Å². The molecule has 0 spiro atoms. The van der Waals surface area contributed by atoms with Gasteiger partial charge in [0, 0.05) is 22.9 Å². The van der Waals surface area contributed by atoms with E-state index in [2.05, 4.69) is 45.7 Å². The van der Waals surface area contributed by atoms with Crippen molar-refractivity contribution >= 4 is 50.8 Å². The fraction of sp³-hybridized carbons (Fsp3) is 0.400. The van der Waals surface area contributed by atoms with E-state index in [1.807, 2.05) is 0 Å². The van der Waals surface area contributed by atoms with Crippen molar-refractivity contribution in [1.82, 2.24) is 10.6 Å². The second-order valence-corrected chi connectivity index (χ2v) is 9.91. The Morgan fingerprint density at radius 3 is 2.48 bits per heavy atom. The average molecular weight is 533 g/mol. The largest absolute Gasteiger partial charge is 0.492 e. The number of halogens is 1. The van der Waals surface area contributed by atoms with Crippen LogP contribution in [0.4, 0.5) is 5.69 Å². The lowest BCUT2D eigenvalue weighted by Gasteiger charge is -2.22. The van der Waals surface area contributed by atoms with Crippen LogP contribution in [0, 0.1) is 5.92 Å². The number of hydrogen-bond donors (Lipinski definition) is 3. The smallest absolute Gasteiger partial charge is 0.257 e. The van der Waals surface area contributed by atoms with Crippen LogP contribution >= 0.6 is 28.1 Å². The fourth-order valence-electron chi connectivity index (χ4n) is 3.61. The lowest BCUT2D eigenvalue weighted by molar-refractivity contribution is 0.0926. The van der Waals surface area contributed by atoms with Crippen LogP contribution in [0.15, 0.2) is 46.9 Å². The van der Waals surface area contributed by atoms with Gasteiger partial charge in [-0.25, -0.2) is 0 Å². The highest BCUT2D eigenvalue weighted by Crippen LogP contribution is 2.26. The topological polar surface area (TPSA) is 79.5 Å². The molecule has 6 nitrogen and oxygen atoms in total. The van der Waals surface area contributed by atoms with E-state index in [4.69, 9.17) is 17.0 Å². The minimum absolute atomic E-state index is 0.0925. The Morgan fingerprint density at radius 1 is 1.06 bits per heavy atom. The van der Waals surface area contributed by atoms with Crippen molar-refractivity contribution in [3.05, 3.63) is 58.1 Å². The number of hydrogen-bond acceptors (Lipinski definition) is 4. The third-order valence-corrected chi connectivity index (χ3v) is 6.14. The van der Waals surface area contributed by atoms with Crippen LogP contribution in [0.5, 0.6) is 5.75 Å². The SMILES string of the molecule is CC(C)COc1ccc(C(=O)NC(=S)Nc2cccc(C(=O)NC3CCCCC3)c2)cc1Br. The number of nitrogens with one attached hydrogen (secondary N) is 3. The van der Waals surface area contributed by atoms with Gasteiger partial charge in [0.1, 0.15) is 5.75 Å². The van der Waals surface area contributed by atoms with Gasteiger partial charge in [-0.15, -0.1) is 0 Å². The van der Waals surface area contributed by atoms with Crippen molar-refractivity contribution < 1.29 is 14.3 Å². The zero-order valence-electron chi connectivity index (χ0n) is 18.9. The molecule has 2 amide bonds. The van der Waals surface area contributed by atoms with Crippen LogP contribution in [-0.2, 0) is 0 Å². The highest BCUT2D eigenvalue weighted by Gasteiger charge is 2.17. The van der Waals surface area contributed by atoms with Gasteiger partial charge < -0.3 is 15.4 Å². The van der Waals surface area contributed by atoms with Gasteiger partial charge in [-0.1, -0.05) is 39.2 Å².